The van der Waals surface area contributed by atoms with Crippen LogP contribution in [0.2, 0.25) is 5.15 Å². The largest absolute Gasteiger partial charge is 0.480 e. The zero-order chi connectivity index (χ0) is 18.6. The van der Waals surface area contributed by atoms with Crippen molar-refractivity contribution >= 4 is 33.3 Å². The van der Waals surface area contributed by atoms with Gasteiger partial charge in [0.25, 0.3) is 0 Å². The number of anilines is 1. The van der Waals surface area contributed by atoms with Crippen LogP contribution < -0.4 is 10.1 Å². The molecule has 1 N–H and O–H groups in total. The Morgan fingerprint density at radius 1 is 1.20 bits per heavy atom. The average Bonchev–Trinajstić information content (AvgIpc) is 2.61. The SMILES string of the molecule is CC[C@@H](Nc1nc(Cl)c(-c2ccc(C(C)C)nc2OC)nc1Br)OC. The molecule has 0 aliphatic rings. The highest BCUT2D eigenvalue weighted by Gasteiger charge is 2.19. The third-order valence-corrected chi connectivity index (χ3v) is 4.50. The molecule has 0 unspecified atom stereocenters. The number of ether oxygens (including phenoxy) is 2. The minimum Gasteiger partial charge on any atom is -0.480 e. The second kappa shape index (κ2) is 8.78. The lowest BCUT2D eigenvalue weighted by molar-refractivity contribution is 0.122. The van der Waals surface area contributed by atoms with E-state index < -0.39 is 0 Å². The first-order valence-electron chi connectivity index (χ1n) is 7.98. The van der Waals surface area contributed by atoms with Crippen molar-refractivity contribution in [1.82, 2.24) is 15.0 Å². The maximum atomic E-state index is 6.38. The molecule has 0 fully saturated rings. The Labute approximate surface area is 161 Å². The van der Waals surface area contributed by atoms with E-state index >= 15 is 0 Å². The van der Waals surface area contributed by atoms with Crippen molar-refractivity contribution in [1.29, 1.82) is 0 Å². The number of pyridine rings is 1. The number of rotatable bonds is 7. The van der Waals surface area contributed by atoms with Gasteiger partial charge in [-0.05, 0) is 40.4 Å². The van der Waals surface area contributed by atoms with Crippen molar-refractivity contribution < 1.29 is 9.47 Å². The van der Waals surface area contributed by atoms with Gasteiger partial charge in [-0.1, -0.05) is 32.4 Å². The Morgan fingerprint density at radius 2 is 1.92 bits per heavy atom. The van der Waals surface area contributed by atoms with Crippen molar-refractivity contribution in [3.63, 3.8) is 0 Å². The summed E-state index contributed by atoms with van der Waals surface area (Å²) in [7, 11) is 3.21. The lowest BCUT2D eigenvalue weighted by Gasteiger charge is -2.17. The maximum absolute atomic E-state index is 6.38. The van der Waals surface area contributed by atoms with Crippen molar-refractivity contribution in [2.75, 3.05) is 19.5 Å². The summed E-state index contributed by atoms with van der Waals surface area (Å²) in [6.07, 6.45) is 0.604. The molecule has 2 aromatic heterocycles. The topological polar surface area (TPSA) is 69.2 Å². The lowest BCUT2D eigenvalue weighted by atomic mass is 10.1. The molecular weight excluding hydrogens is 408 g/mol. The van der Waals surface area contributed by atoms with Gasteiger partial charge in [0.15, 0.2) is 11.0 Å². The fourth-order valence-electron chi connectivity index (χ4n) is 2.25. The van der Waals surface area contributed by atoms with Crippen molar-refractivity contribution in [2.45, 2.75) is 39.3 Å². The predicted octanol–water partition coefficient (Wildman–Crippen LogP) is 4.88. The predicted molar refractivity (Wildman–Crippen MR) is 103 cm³/mol. The highest BCUT2D eigenvalue weighted by atomic mass is 79.9. The lowest BCUT2D eigenvalue weighted by Crippen LogP contribution is -2.21. The second-order valence-corrected chi connectivity index (χ2v) is 6.84. The zero-order valence-electron chi connectivity index (χ0n) is 14.9. The summed E-state index contributed by atoms with van der Waals surface area (Å²) >= 11 is 9.82. The number of halogens is 2. The summed E-state index contributed by atoms with van der Waals surface area (Å²) in [5.41, 5.74) is 2.13. The number of hydrogen-bond donors (Lipinski definition) is 1. The summed E-state index contributed by atoms with van der Waals surface area (Å²) in [5, 5.41) is 3.40. The molecule has 8 heteroatoms. The third-order valence-electron chi connectivity index (χ3n) is 3.69. The molecule has 0 aromatic carbocycles. The molecule has 0 radical (unpaired) electrons. The van der Waals surface area contributed by atoms with Crippen LogP contribution in [0, 0.1) is 0 Å². The monoisotopic (exact) mass is 428 g/mol. The fraction of sp³-hybridized carbons (Fsp3) is 0.471. The maximum Gasteiger partial charge on any atom is 0.223 e. The molecule has 1 atom stereocenters. The van der Waals surface area contributed by atoms with E-state index in [4.69, 9.17) is 21.1 Å². The van der Waals surface area contributed by atoms with Gasteiger partial charge in [-0.25, -0.2) is 15.0 Å². The van der Waals surface area contributed by atoms with Gasteiger partial charge in [0.2, 0.25) is 5.88 Å². The van der Waals surface area contributed by atoms with E-state index in [0.29, 0.717) is 33.5 Å². The number of aromatic nitrogens is 3. The van der Waals surface area contributed by atoms with E-state index in [2.05, 4.69) is 50.0 Å². The van der Waals surface area contributed by atoms with Crippen LogP contribution in [-0.2, 0) is 4.74 Å². The van der Waals surface area contributed by atoms with E-state index in [1.54, 1.807) is 14.2 Å². The molecule has 0 amide bonds. The summed E-state index contributed by atoms with van der Waals surface area (Å²) in [4.78, 5) is 13.5. The standard InChI is InChI=1S/C17H22BrClN4O2/c1-6-12(24-4)21-16-14(18)22-13(15(19)23-16)10-7-8-11(9(2)3)20-17(10)25-5/h7-9,12H,6H2,1-5H3,(H,21,23)/t12-/m0/s1. The Morgan fingerprint density at radius 3 is 2.48 bits per heavy atom. The van der Waals surface area contributed by atoms with E-state index in [9.17, 15) is 0 Å². The molecule has 2 heterocycles. The molecule has 2 aromatic rings. The normalized spacial score (nSPS) is 12.3. The van der Waals surface area contributed by atoms with Crippen molar-refractivity contribution in [2.24, 2.45) is 0 Å². The van der Waals surface area contributed by atoms with Crippen LogP contribution in [0.4, 0.5) is 5.82 Å². The first kappa shape index (κ1) is 19.9. The molecular formula is C17H22BrClN4O2. The smallest absolute Gasteiger partial charge is 0.223 e. The third kappa shape index (κ3) is 4.59. The Kier molecular flexibility index (Phi) is 6.98. The van der Waals surface area contributed by atoms with Gasteiger partial charge in [-0.15, -0.1) is 0 Å². The van der Waals surface area contributed by atoms with Gasteiger partial charge >= 0.3 is 0 Å². The van der Waals surface area contributed by atoms with Crippen LogP contribution in [0.25, 0.3) is 11.3 Å². The minimum absolute atomic E-state index is 0.172. The highest BCUT2D eigenvalue weighted by Crippen LogP contribution is 2.35. The van der Waals surface area contributed by atoms with Gasteiger partial charge in [0, 0.05) is 12.8 Å². The van der Waals surface area contributed by atoms with Gasteiger partial charge in [0.1, 0.15) is 16.5 Å². The molecule has 136 valence electrons. The first-order valence-corrected chi connectivity index (χ1v) is 9.15. The molecule has 2 rings (SSSR count). The Hall–Kier alpha value is -1.44. The summed E-state index contributed by atoms with van der Waals surface area (Å²) in [6, 6.07) is 3.85. The zero-order valence-corrected chi connectivity index (χ0v) is 17.3. The van der Waals surface area contributed by atoms with Crippen molar-refractivity contribution in [3.05, 3.63) is 27.6 Å². The molecule has 6 nitrogen and oxygen atoms in total. The van der Waals surface area contributed by atoms with E-state index in [1.165, 1.54) is 0 Å². The van der Waals surface area contributed by atoms with Crippen LogP contribution in [0.3, 0.4) is 0 Å². The highest BCUT2D eigenvalue weighted by molar-refractivity contribution is 9.10. The molecule has 0 bridgehead atoms. The number of nitrogens with zero attached hydrogens (tertiary/aromatic N) is 3. The number of hydrogen-bond acceptors (Lipinski definition) is 6. The van der Waals surface area contributed by atoms with Gasteiger partial charge in [0.05, 0.1) is 12.7 Å². The minimum atomic E-state index is -0.172. The summed E-state index contributed by atoms with van der Waals surface area (Å²) in [5.74, 6) is 1.29. The quantitative estimate of drug-likeness (QED) is 0.633. The van der Waals surface area contributed by atoms with Crippen molar-refractivity contribution in [3.8, 4) is 17.1 Å². The van der Waals surface area contributed by atoms with E-state index in [1.807, 2.05) is 19.1 Å². The average molecular weight is 430 g/mol. The summed E-state index contributed by atoms with van der Waals surface area (Å²) < 4.78 is 11.3. The van der Waals surface area contributed by atoms with E-state index in [0.717, 1.165) is 12.1 Å². The van der Waals surface area contributed by atoms with Gasteiger partial charge < -0.3 is 14.8 Å². The Balaban J connectivity index is 2.45. The molecule has 0 saturated heterocycles. The second-order valence-electron chi connectivity index (χ2n) is 5.73. The van der Waals surface area contributed by atoms with Crippen LogP contribution in [0.5, 0.6) is 5.88 Å². The van der Waals surface area contributed by atoms with Crippen LogP contribution >= 0.6 is 27.5 Å². The molecule has 0 aliphatic heterocycles. The molecule has 0 aliphatic carbocycles. The molecule has 25 heavy (non-hydrogen) atoms. The van der Waals surface area contributed by atoms with E-state index in [-0.39, 0.29) is 11.4 Å². The van der Waals surface area contributed by atoms with Gasteiger partial charge in [-0.2, -0.15) is 0 Å². The van der Waals surface area contributed by atoms with Crippen LogP contribution in [0.15, 0.2) is 16.7 Å². The number of methoxy groups -OCH3 is 2. The number of nitrogens with one attached hydrogen (secondary N) is 1. The van der Waals surface area contributed by atoms with Crippen LogP contribution in [0.1, 0.15) is 38.8 Å². The van der Waals surface area contributed by atoms with Gasteiger partial charge in [-0.3, -0.25) is 0 Å². The first-order chi connectivity index (χ1) is 11.9. The fourth-order valence-corrected chi connectivity index (χ4v) is 2.86. The van der Waals surface area contributed by atoms with Crippen LogP contribution in [-0.4, -0.2) is 35.4 Å². The Bertz CT molecular complexity index is 739. The molecule has 0 saturated carbocycles. The summed E-state index contributed by atoms with van der Waals surface area (Å²) in [6.45, 7) is 6.15. The molecule has 0 spiro atoms.